The molecule has 0 aliphatic carbocycles. The minimum Gasteiger partial charge on any atom is -0.497 e. The summed E-state index contributed by atoms with van der Waals surface area (Å²) in [6.45, 7) is 6.70. The molecule has 1 rings (SSSR count). The van der Waals surface area contributed by atoms with Crippen LogP contribution in [0.4, 0.5) is 4.39 Å². The van der Waals surface area contributed by atoms with E-state index in [2.05, 4.69) is 19.6 Å². The summed E-state index contributed by atoms with van der Waals surface area (Å²) < 4.78 is 18.0. The Balaban J connectivity index is 2.51. The van der Waals surface area contributed by atoms with E-state index in [0.717, 1.165) is 12.0 Å². The lowest BCUT2D eigenvalue weighted by molar-refractivity contribution is 0.377. The van der Waals surface area contributed by atoms with Crippen molar-refractivity contribution < 1.29 is 9.13 Å². The Morgan fingerprint density at radius 3 is 2.15 bits per heavy atom. The van der Waals surface area contributed by atoms with Gasteiger partial charge in [-0.2, -0.15) is 0 Å². The van der Waals surface area contributed by atoms with Crippen LogP contribution in [0.25, 0.3) is 0 Å². The standard InChI is InChI=1S/C10H15FOSi/c1-13(2,3)8-12-10-6-4-9(11)5-7-10/h4-7H,8H2,1-3H3. The van der Waals surface area contributed by atoms with E-state index in [9.17, 15) is 4.39 Å². The van der Waals surface area contributed by atoms with Gasteiger partial charge in [0.05, 0.1) is 14.3 Å². The highest BCUT2D eigenvalue weighted by molar-refractivity contribution is 6.76. The Kier molecular flexibility index (Phi) is 3.09. The van der Waals surface area contributed by atoms with Crippen LogP contribution in [-0.4, -0.2) is 14.3 Å². The summed E-state index contributed by atoms with van der Waals surface area (Å²) in [6.07, 6.45) is 0.776. The molecule has 0 atom stereocenters. The van der Waals surface area contributed by atoms with Crippen LogP contribution < -0.4 is 4.74 Å². The zero-order valence-electron chi connectivity index (χ0n) is 8.30. The highest BCUT2D eigenvalue weighted by Crippen LogP contribution is 2.12. The molecule has 0 aromatic heterocycles. The number of halogens is 1. The van der Waals surface area contributed by atoms with E-state index >= 15 is 0 Å². The first kappa shape index (κ1) is 10.2. The zero-order valence-corrected chi connectivity index (χ0v) is 9.30. The molecule has 13 heavy (non-hydrogen) atoms. The summed E-state index contributed by atoms with van der Waals surface area (Å²) in [4.78, 5) is 0. The van der Waals surface area contributed by atoms with Crippen molar-refractivity contribution in [3.05, 3.63) is 30.1 Å². The molecule has 0 spiro atoms. The first-order valence-corrected chi connectivity index (χ1v) is 8.06. The molecule has 0 saturated carbocycles. The van der Waals surface area contributed by atoms with Crippen LogP contribution in [0.5, 0.6) is 5.75 Å². The monoisotopic (exact) mass is 198 g/mol. The summed E-state index contributed by atoms with van der Waals surface area (Å²) in [5, 5.41) is 0. The Morgan fingerprint density at radius 2 is 1.69 bits per heavy atom. The van der Waals surface area contributed by atoms with Gasteiger partial charge in [-0.25, -0.2) is 4.39 Å². The fourth-order valence-corrected chi connectivity index (χ4v) is 1.43. The summed E-state index contributed by atoms with van der Waals surface area (Å²) in [5.74, 6) is 0.532. The second-order valence-corrected chi connectivity index (χ2v) is 9.71. The summed E-state index contributed by atoms with van der Waals surface area (Å²) in [6, 6.07) is 6.16. The lowest BCUT2D eigenvalue weighted by Gasteiger charge is -2.16. The van der Waals surface area contributed by atoms with E-state index in [1.54, 1.807) is 12.1 Å². The molecule has 3 heteroatoms. The average Bonchev–Trinajstić information content (AvgIpc) is 2.02. The molecule has 0 radical (unpaired) electrons. The number of rotatable bonds is 3. The van der Waals surface area contributed by atoms with Crippen molar-refractivity contribution in [1.82, 2.24) is 0 Å². The van der Waals surface area contributed by atoms with Crippen LogP contribution in [0.15, 0.2) is 24.3 Å². The normalized spacial score (nSPS) is 11.4. The Morgan fingerprint density at radius 1 is 1.15 bits per heavy atom. The molecule has 0 heterocycles. The van der Waals surface area contributed by atoms with Gasteiger partial charge >= 0.3 is 0 Å². The summed E-state index contributed by atoms with van der Waals surface area (Å²) in [5.41, 5.74) is 0. The predicted molar refractivity (Wildman–Crippen MR) is 55.2 cm³/mol. The second kappa shape index (κ2) is 3.92. The van der Waals surface area contributed by atoms with Gasteiger partial charge < -0.3 is 4.74 Å². The maximum absolute atomic E-state index is 12.5. The van der Waals surface area contributed by atoms with Gasteiger partial charge in [0.25, 0.3) is 0 Å². The van der Waals surface area contributed by atoms with E-state index in [1.807, 2.05) is 0 Å². The lowest BCUT2D eigenvalue weighted by Crippen LogP contribution is -2.29. The highest BCUT2D eigenvalue weighted by Gasteiger charge is 2.13. The molecular weight excluding hydrogens is 183 g/mol. The van der Waals surface area contributed by atoms with Crippen molar-refractivity contribution in [3.8, 4) is 5.75 Å². The van der Waals surface area contributed by atoms with Gasteiger partial charge in [0.15, 0.2) is 0 Å². The van der Waals surface area contributed by atoms with Crippen molar-refractivity contribution in [2.75, 3.05) is 6.23 Å². The molecule has 1 aromatic carbocycles. The first-order valence-electron chi connectivity index (χ1n) is 4.36. The van der Waals surface area contributed by atoms with Crippen molar-refractivity contribution >= 4 is 8.07 Å². The number of ether oxygens (including phenoxy) is 1. The molecule has 72 valence electrons. The van der Waals surface area contributed by atoms with Gasteiger partial charge in [-0.15, -0.1) is 0 Å². The SMILES string of the molecule is C[Si](C)(C)COc1ccc(F)cc1. The van der Waals surface area contributed by atoms with Crippen LogP contribution >= 0.6 is 0 Å². The van der Waals surface area contributed by atoms with Crippen LogP contribution in [0.2, 0.25) is 19.6 Å². The van der Waals surface area contributed by atoms with Crippen LogP contribution in [-0.2, 0) is 0 Å². The molecule has 0 amide bonds. The average molecular weight is 198 g/mol. The largest absolute Gasteiger partial charge is 0.497 e. The maximum atomic E-state index is 12.5. The third-order valence-corrected chi connectivity index (χ3v) is 2.50. The van der Waals surface area contributed by atoms with Crippen LogP contribution in [0.1, 0.15) is 0 Å². The maximum Gasteiger partial charge on any atom is 0.123 e. The molecule has 0 bridgehead atoms. The Labute approximate surface area is 79.6 Å². The summed E-state index contributed by atoms with van der Waals surface area (Å²) in [7, 11) is -1.17. The van der Waals surface area contributed by atoms with E-state index in [0.29, 0.717) is 0 Å². The molecule has 1 nitrogen and oxygen atoms in total. The van der Waals surface area contributed by atoms with Crippen molar-refractivity contribution in [2.45, 2.75) is 19.6 Å². The third-order valence-electron chi connectivity index (χ3n) is 1.49. The lowest BCUT2D eigenvalue weighted by atomic mass is 10.3. The quantitative estimate of drug-likeness (QED) is 0.678. The van der Waals surface area contributed by atoms with Gasteiger partial charge in [0, 0.05) is 0 Å². The van der Waals surface area contributed by atoms with Gasteiger partial charge in [0.2, 0.25) is 0 Å². The second-order valence-electron chi connectivity index (χ2n) is 4.30. The predicted octanol–water partition coefficient (Wildman–Crippen LogP) is 3.08. The van der Waals surface area contributed by atoms with E-state index < -0.39 is 8.07 Å². The number of hydrogen-bond acceptors (Lipinski definition) is 1. The first-order chi connectivity index (χ1) is 5.97. The number of benzene rings is 1. The van der Waals surface area contributed by atoms with E-state index in [4.69, 9.17) is 4.74 Å². The van der Waals surface area contributed by atoms with Crippen molar-refractivity contribution in [1.29, 1.82) is 0 Å². The molecule has 0 unspecified atom stereocenters. The van der Waals surface area contributed by atoms with Crippen molar-refractivity contribution in [3.63, 3.8) is 0 Å². The number of hydrogen-bond donors (Lipinski definition) is 0. The Bertz CT molecular complexity index is 263. The van der Waals surface area contributed by atoms with Crippen LogP contribution in [0.3, 0.4) is 0 Å². The molecule has 0 aliphatic rings. The zero-order chi connectivity index (χ0) is 9.90. The molecule has 0 N–H and O–H groups in total. The molecule has 0 aliphatic heterocycles. The smallest absolute Gasteiger partial charge is 0.123 e. The molecule has 0 fully saturated rings. The van der Waals surface area contributed by atoms with Gasteiger partial charge in [-0.1, -0.05) is 19.6 Å². The van der Waals surface area contributed by atoms with Crippen LogP contribution in [0, 0.1) is 5.82 Å². The fraction of sp³-hybridized carbons (Fsp3) is 0.400. The fourth-order valence-electron chi connectivity index (χ4n) is 0.831. The topological polar surface area (TPSA) is 9.23 Å². The minimum atomic E-state index is -1.17. The highest BCUT2D eigenvalue weighted by atomic mass is 28.3. The van der Waals surface area contributed by atoms with Gasteiger partial charge in [-0.3, -0.25) is 0 Å². The van der Waals surface area contributed by atoms with Gasteiger partial charge in [0.1, 0.15) is 11.6 Å². The third kappa shape index (κ3) is 4.08. The minimum absolute atomic E-state index is 0.222. The summed E-state index contributed by atoms with van der Waals surface area (Å²) >= 11 is 0. The van der Waals surface area contributed by atoms with Crippen molar-refractivity contribution in [2.24, 2.45) is 0 Å². The molecule has 0 saturated heterocycles. The Hall–Kier alpha value is -0.833. The molecule has 1 aromatic rings. The van der Waals surface area contributed by atoms with E-state index in [1.165, 1.54) is 12.1 Å². The molecular formula is C10H15FOSi. The van der Waals surface area contributed by atoms with Gasteiger partial charge in [-0.05, 0) is 24.3 Å². The van der Waals surface area contributed by atoms with E-state index in [-0.39, 0.29) is 5.82 Å².